The number of carbonyl (C=O) groups excluding carboxylic acids is 1. The molecule has 0 saturated carbocycles. The first-order valence-electron chi connectivity index (χ1n) is 5.59. The summed E-state index contributed by atoms with van der Waals surface area (Å²) >= 11 is 0. The van der Waals surface area contributed by atoms with Crippen molar-refractivity contribution in [1.29, 1.82) is 0 Å². The van der Waals surface area contributed by atoms with Gasteiger partial charge in [-0.05, 0) is 31.9 Å². The van der Waals surface area contributed by atoms with Crippen molar-refractivity contribution in [3.05, 3.63) is 42.5 Å². The Morgan fingerprint density at radius 1 is 1.44 bits per heavy atom. The van der Waals surface area contributed by atoms with E-state index in [1.165, 1.54) is 0 Å². The second-order valence-corrected chi connectivity index (χ2v) is 3.93. The molecule has 2 nitrogen and oxygen atoms in total. The fourth-order valence-electron chi connectivity index (χ4n) is 1.70. The molecule has 0 aliphatic carbocycles. The Balaban J connectivity index is 2.77. The maximum Gasteiger partial charge on any atom is 0.161 e. The van der Waals surface area contributed by atoms with Gasteiger partial charge in [-0.25, -0.2) is 0 Å². The van der Waals surface area contributed by atoms with Gasteiger partial charge in [0.15, 0.2) is 5.78 Å². The largest absolute Gasteiger partial charge is 0.374 e. The first-order valence-corrected chi connectivity index (χ1v) is 5.59. The third kappa shape index (κ3) is 3.23. The Hall–Kier alpha value is -1.57. The minimum atomic E-state index is 0.117. The molecule has 0 fully saturated rings. The van der Waals surface area contributed by atoms with Crippen molar-refractivity contribution in [3.8, 4) is 0 Å². The van der Waals surface area contributed by atoms with Gasteiger partial charge in [-0.15, -0.1) is 6.58 Å². The van der Waals surface area contributed by atoms with Crippen molar-refractivity contribution in [2.24, 2.45) is 0 Å². The summed E-state index contributed by atoms with van der Waals surface area (Å²) in [5.41, 5.74) is 1.81. The van der Waals surface area contributed by atoms with Crippen LogP contribution in [0, 0.1) is 0 Å². The fraction of sp³-hybridized carbons (Fsp3) is 0.357. The van der Waals surface area contributed by atoms with Gasteiger partial charge in [0, 0.05) is 24.8 Å². The Bertz CT molecular complexity index is 371. The first-order chi connectivity index (χ1) is 7.66. The SMILES string of the molecule is C=CCCCN(C)c1ccccc1C(C)=O. The lowest BCUT2D eigenvalue weighted by atomic mass is 10.1. The summed E-state index contributed by atoms with van der Waals surface area (Å²) in [5, 5.41) is 0. The third-order valence-corrected chi connectivity index (χ3v) is 2.60. The summed E-state index contributed by atoms with van der Waals surface area (Å²) < 4.78 is 0. The highest BCUT2D eigenvalue weighted by molar-refractivity contribution is 5.99. The quantitative estimate of drug-likeness (QED) is 0.414. The van der Waals surface area contributed by atoms with E-state index < -0.39 is 0 Å². The zero-order valence-electron chi connectivity index (χ0n) is 10.1. The van der Waals surface area contributed by atoms with Crippen LogP contribution in [0.25, 0.3) is 0 Å². The van der Waals surface area contributed by atoms with Crippen LogP contribution in [-0.2, 0) is 0 Å². The number of para-hydroxylation sites is 1. The van der Waals surface area contributed by atoms with Crippen LogP contribution < -0.4 is 4.90 Å². The molecular formula is C14H19NO. The van der Waals surface area contributed by atoms with Crippen LogP contribution in [0.4, 0.5) is 5.69 Å². The van der Waals surface area contributed by atoms with Gasteiger partial charge in [-0.2, -0.15) is 0 Å². The van der Waals surface area contributed by atoms with E-state index in [1.807, 2.05) is 37.4 Å². The van der Waals surface area contributed by atoms with Crippen LogP contribution >= 0.6 is 0 Å². The molecule has 2 heteroatoms. The van der Waals surface area contributed by atoms with Crippen molar-refractivity contribution >= 4 is 11.5 Å². The maximum absolute atomic E-state index is 11.5. The van der Waals surface area contributed by atoms with E-state index in [1.54, 1.807) is 6.92 Å². The molecule has 16 heavy (non-hydrogen) atoms. The zero-order valence-corrected chi connectivity index (χ0v) is 10.1. The molecule has 0 saturated heterocycles. The number of anilines is 1. The molecule has 0 spiro atoms. The van der Waals surface area contributed by atoms with Gasteiger partial charge in [-0.3, -0.25) is 4.79 Å². The number of rotatable bonds is 6. The molecule has 0 aliphatic rings. The highest BCUT2D eigenvalue weighted by atomic mass is 16.1. The van der Waals surface area contributed by atoms with Crippen LogP contribution in [0.2, 0.25) is 0 Å². The number of nitrogens with zero attached hydrogens (tertiary/aromatic N) is 1. The van der Waals surface area contributed by atoms with Crippen molar-refractivity contribution in [2.75, 3.05) is 18.5 Å². The molecule has 1 aromatic rings. The van der Waals surface area contributed by atoms with E-state index >= 15 is 0 Å². The number of Topliss-reactive ketones (excluding diaryl/α,β-unsaturated/α-hetero) is 1. The molecule has 0 aliphatic heterocycles. The first kappa shape index (κ1) is 12.5. The molecule has 0 atom stereocenters. The summed E-state index contributed by atoms with van der Waals surface area (Å²) in [6.07, 6.45) is 3.99. The van der Waals surface area contributed by atoms with Gasteiger partial charge in [-0.1, -0.05) is 18.2 Å². The topological polar surface area (TPSA) is 20.3 Å². The summed E-state index contributed by atoms with van der Waals surface area (Å²) in [7, 11) is 2.02. The predicted molar refractivity (Wildman–Crippen MR) is 69.1 cm³/mol. The number of unbranched alkanes of at least 4 members (excludes halogenated alkanes) is 1. The lowest BCUT2D eigenvalue weighted by Crippen LogP contribution is -2.20. The molecule has 0 bridgehead atoms. The van der Waals surface area contributed by atoms with Crippen molar-refractivity contribution in [3.63, 3.8) is 0 Å². The molecule has 0 unspecified atom stereocenters. The average molecular weight is 217 g/mol. The third-order valence-electron chi connectivity index (χ3n) is 2.60. The fourth-order valence-corrected chi connectivity index (χ4v) is 1.70. The van der Waals surface area contributed by atoms with Crippen LogP contribution in [-0.4, -0.2) is 19.4 Å². The van der Waals surface area contributed by atoms with Crippen molar-refractivity contribution < 1.29 is 4.79 Å². The number of ketones is 1. The van der Waals surface area contributed by atoms with E-state index in [4.69, 9.17) is 0 Å². The molecule has 0 aromatic heterocycles. The Labute approximate surface area is 97.6 Å². The second-order valence-electron chi connectivity index (χ2n) is 3.93. The zero-order chi connectivity index (χ0) is 12.0. The van der Waals surface area contributed by atoms with Gasteiger partial charge < -0.3 is 4.90 Å². The number of benzene rings is 1. The van der Waals surface area contributed by atoms with Gasteiger partial charge in [0.2, 0.25) is 0 Å². The van der Waals surface area contributed by atoms with E-state index in [2.05, 4.69) is 11.5 Å². The molecule has 0 heterocycles. The van der Waals surface area contributed by atoms with E-state index in [0.29, 0.717) is 0 Å². The summed E-state index contributed by atoms with van der Waals surface area (Å²) in [5.74, 6) is 0.117. The van der Waals surface area contributed by atoms with Crippen LogP contribution in [0.3, 0.4) is 0 Å². The number of carbonyl (C=O) groups is 1. The van der Waals surface area contributed by atoms with Crippen LogP contribution in [0.15, 0.2) is 36.9 Å². The van der Waals surface area contributed by atoms with Crippen molar-refractivity contribution in [1.82, 2.24) is 0 Å². The Morgan fingerprint density at radius 3 is 2.75 bits per heavy atom. The maximum atomic E-state index is 11.5. The summed E-state index contributed by atoms with van der Waals surface area (Å²) in [6, 6.07) is 7.73. The molecule has 1 rings (SSSR count). The number of hydrogen-bond acceptors (Lipinski definition) is 2. The molecule has 0 radical (unpaired) electrons. The molecular weight excluding hydrogens is 198 g/mol. The monoisotopic (exact) mass is 217 g/mol. The van der Waals surface area contributed by atoms with Gasteiger partial charge in [0.1, 0.15) is 0 Å². The van der Waals surface area contributed by atoms with E-state index in [0.717, 1.165) is 30.6 Å². The summed E-state index contributed by atoms with van der Waals surface area (Å²) in [4.78, 5) is 13.6. The van der Waals surface area contributed by atoms with Crippen LogP contribution in [0.5, 0.6) is 0 Å². The second kappa shape index (κ2) is 6.11. The van der Waals surface area contributed by atoms with Crippen LogP contribution in [0.1, 0.15) is 30.1 Å². The smallest absolute Gasteiger partial charge is 0.161 e. The highest BCUT2D eigenvalue weighted by Crippen LogP contribution is 2.19. The van der Waals surface area contributed by atoms with E-state index in [9.17, 15) is 4.79 Å². The lowest BCUT2D eigenvalue weighted by molar-refractivity contribution is 0.101. The molecule has 0 amide bonds. The van der Waals surface area contributed by atoms with Gasteiger partial charge in [0.25, 0.3) is 0 Å². The summed E-state index contributed by atoms with van der Waals surface area (Å²) in [6.45, 7) is 6.25. The van der Waals surface area contributed by atoms with Crippen molar-refractivity contribution in [2.45, 2.75) is 19.8 Å². The van der Waals surface area contributed by atoms with Gasteiger partial charge in [0.05, 0.1) is 0 Å². The van der Waals surface area contributed by atoms with E-state index in [-0.39, 0.29) is 5.78 Å². The Kier molecular flexibility index (Phi) is 4.77. The molecule has 86 valence electrons. The molecule has 0 N–H and O–H groups in total. The predicted octanol–water partition coefficient (Wildman–Crippen LogP) is 3.29. The Morgan fingerprint density at radius 2 is 2.12 bits per heavy atom. The average Bonchev–Trinajstić information content (AvgIpc) is 2.29. The highest BCUT2D eigenvalue weighted by Gasteiger charge is 2.09. The number of allylic oxidation sites excluding steroid dienone is 1. The normalized spacial score (nSPS) is 9.88. The lowest BCUT2D eigenvalue weighted by Gasteiger charge is -2.21. The minimum absolute atomic E-state index is 0.117. The number of hydrogen-bond donors (Lipinski definition) is 0. The molecule has 1 aromatic carbocycles. The minimum Gasteiger partial charge on any atom is -0.374 e. The van der Waals surface area contributed by atoms with Gasteiger partial charge >= 0.3 is 0 Å². The standard InChI is InChI=1S/C14H19NO/c1-4-5-8-11-15(3)14-10-7-6-9-13(14)12(2)16/h4,6-7,9-10H,1,5,8,11H2,2-3H3.